The Bertz CT molecular complexity index is 529. The van der Waals surface area contributed by atoms with Crippen LogP contribution in [0.4, 0.5) is 0 Å². The summed E-state index contributed by atoms with van der Waals surface area (Å²) in [5.41, 5.74) is 0.750. The van der Waals surface area contributed by atoms with Gasteiger partial charge in [0.2, 0.25) is 0 Å². The second-order valence-electron chi connectivity index (χ2n) is 5.28. The average molecular weight is 273 g/mol. The first-order valence-corrected chi connectivity index (χ1v) is 7.64. The molecule has 1 fully saturated rings. The van der Waals surface area contributed by atoms with Crippen LogP contribution >= 0.6 is 11.3 Å². The highest BCUT2D eigenvalue weighted by Gasteiger charge is 2.29. The second kappa shape index (κ2) is 5.45. The van der Waals surface area contributed by atoms with Gasteiger partial charge in [0.1, 0.15) is 0 Å². The molecule has 1 aliphatic rings. The lowest BCUT2D eigenvalue weighted by Crippen LogP contribution is -2.43. The van der Waals surface area contributed by atoms with E-state index in [2.05, 4.69) is 41.7 Å². The summed E-state index contributed by atoms with van der Waals surface area (Å²) in [5.74, 6) is 0. The molecule has 1 saturated heterocycles. The fourth-order valence-electron chi connectivity index (χ4n) is 2.62. The van der Waals surface area contributed by atoms with E-state index in [1.54, 1.807) is 11.3 Å². The molecule has 1 aliphatic heterocycles. The molecule has 0 aliphatic carbocycles. The van der Waals surface area contributed by atoms with Crippen molar-refractivity contribution < 1.29 is 5.11 Å². The van der Waals surface area contributed by atoms with Gasteiger partial charge in [-0.1, -0.05) is 30.3 Å². The third-order valence-corrected chi connectivity index (χ3v) is 4.89. The van der Waals surface area contributed by atoms with E-state index in [1.165, 1.54) is 15.3 Å². The van der Waals surface area contributed by atoms with Gasteiger partial charge in [0.15, 0.2) is 0 Å². The van der Waals surface area contributed by atoms with E-state index >= 15 is 0 Å². The van der Waals surface area contributed by atoms with Gasteiger partial charge >= 0.3 is 0 Å². The molecule has 0 spiro atoms. The van der Waals surface area contributed by atoms with Gasteiger partial charge in [-0.25, -0.2) is 0 Å². The van der Waals surface area contributed by atoms with E-state index in [0.29, 0.717) is 0 Å². The van der Waals surface area contributed by atoms with Crippen LogP contribution in [0.5, 0.6) is 0 Å². The number of hydrogen-bond acceptors (Lipinski definition) is 3. The highest BCUT2D eigenvalue weighted by atomic mass is 32.1. The molecule has 2 aromatic rings. The number of aliphatic hydroxyl groups is 1. The van der Waals surface area contributed by atoms with Crippen LogP contribution in [-0.2, 0) is 6.42 Å². The molecule has 2 N–H and O–H groups in total. The zero-order chi connectivity index (χ0) is 13.1. The first-order chi connectivity index (χ1) is 9.25. The molecule has 0 amide bonds. The molecule has 19 heavy (non-hydrogen) atoms. The van der Waals surface area contributed by atoms with Crippen molar-refractivity contribution in [1.29, 1.82) is 0 Å². The normalized spacial score (nSPS) is 18.4. The summed E-state index contributed by atoms with van der Waals surface area (Å²) in [7, 11) is 0. The van der Waals surface area contributed by atoms with Crippen molar-refractivity contribution in [2.24, 2.45) is 0 Å². The molecule has 0 bridgehead atoms. The predicted molar refractivity (Wildman–Crippen MR) is 80.5 cm³/mol. The van der Waals surface area contributed by atoms with Crippen LogP contribution in [0.15, 0.2) is 42.5 Å². The quantitative estimate of drug-likeness (QED) is 0.901. The van der Waals surface area contributed by atoms with E-state index in [-0.39, 0.29) is 0 Å². The molecule has 2 nitrogen and oxygen atoms in total. The Kier molecular flexibility index (Phi) is 3.69. The molecule has 1 aromatic carbocycles. The van der Waals surface area contributed by atoms with Crippen molar-refractivity contribution in [1.82, 2.24) is 5.32 Å². The van der Waals surface area contributed by atoms with Gasteiger partial charge in [0.05, 0.1) is 5.60 Å². The lowest BCUT2D eigenvalue weighted by Gasteiger charge is -2.32. The summed E-state index contributed by atoms with van der Waals surface area (Å²) in [6.07, 6.45) is 2.49. The minimum absolute atomic E-state index is 0.510. The van der Waals surface area contributed by atoms with Crippen molar-refractivity contribution >= 4 is 11.3 Å². The van der Waals surface area contributed by atoms with Gasteiger partial charge in [0, 0.05) is 16.2 Å². The maximum atomic E-state index is 10.6. The summed E-state index contributed by atoms with van der Waals surface area (Å²) >= 11 is 1.80. The Morgan fingerprint density at radius 1 is 1.05 bits per heavy atom. The monoisotopic (exact) mass is 273 g/mol. The summed E-state index contributed by atoms with van der Waals surface area (Å²) < 4.78 is 0. The standard InChI is InChI=1S/C16H19NOS/c18-16(8-10-17-11-9-16)12-14-6-7-15(19-14)13-4-2-1-3-5-13/h1-7,17-18H,8-12H2. The van der Waals surface area contributed by atoms with E-state index < -0.39 is 5.60 Å². The first kappa shape index (κ1) is 12.9. The minimum atomic E-state index is -0.510. The maximum Gasteiger partial charge on any atom is 0.0720 e. The van der Waals surface area contributed by atoms with Crippen molar-refractivity contribution in [3.8, 4) is 10.4 Å². The number of nitrogens with one attached hydrogen (secondary N) is 1. The Morgan fingerprint density at radius 3 is 2.53 bits per heavy atom. The molecule has 0 unspecified atom stereocenters. The lowest BCUT2D eigenvalue weighted by atomic mass is 9.88. The zero-order valence-corrected chi connectivity index (χ0v) is 11.7. The van der Waals surface area contributed by atoms with Gasteiger partial charge in [-0.05, 0) is 43.6 Å². The fourth-order valence-corrected chi connectivity index (χ4v) is 3.77. The molecule has 2 heterocycles. The molecule has 100 valence electrons. The summed E-state index contributed by atoms with van der Waals surface area (Å²) in [6.45, 7) is 1.85. The summed E-state index contributed by atoms with van der Waals surface area (Å²) in [5, 5.41) is 13.9. The number of piperidine rings is 1. The van der Waals surface area contributed by atoms with E-state index in [4.69, 9.17) is 0 Å². The van der Waals surface area contributed by atoms with Crippen LogP contribution in [-0.4, -0.2) is 23.8 Å². The summed E-state index contributed by atoms with van der Waals surface area (Å²) in [4.78, 5) is 2.57. The second-order valence-corrected chi connectivity index (χ2v) is 6.45. The maximum absolute atomic E-state index is 10.6. The van der Waals surface area contributed by atoms with Crippen LogP contribution in [0.25, 0.3) is 10.4 Å². The fraction of sp³-hybridized carbons (Fsp3) is 0.375. The van der Waals surface area contributed by atoms with E-state index in [0.717, 1.165) is 32.4 Å². The smallest absolute Gasteiger partial charge is 0.0720 e. The largest absolute Gasteiger partial charge is 0.389 e. The van der Waals surface area contributed by atoms with Crippen LogP contribution in [0.3, 0.4) is 0 Å². The molecule has 0 radical (unpaired) electrons. The third-order valence-electron chi connectivity index (χ3n) is 3.76. The first-order valence-electron chi connectivity index (χ1n) is 6.82. The van der Waals surface area contributed by atoms with E-state index in [9.17, 15) is 5.11 Å². The topological polar surface area (TPSA) is 32.3 Å². The average Bonchev–Trinajstić information content (AvgIpc) is 2.88. The van der Waals surface area contributed by atoms with Gasteiger partial charge in [0.25, 0.3) is 0 Å². The van der Waals surface area contributed by atoms with Crippen molar-refractivity contribution in [3.05, 3.63) is 47.3 Å². The van der Waals surface area contributed by atoms with Crippen molar-refractivity contribution in [2.75, 3.05) is 13.1 Å². The molecule has 3 rings (SSSR count). The number of benzene rings is 1. The Balaban J connectivity index is 1.75. The van der Waals surface area contributed by atoms with Gasteiger partial charge < -0.3 is 10.4 Å². The number of rotatable bonds is 3. The van der Waals surface area contributed by atoms with Crippen LogP contribution < -0.4 is 5.32 Å². The molecule has 1 aromatic heterocycles. The predicted octanol–water partition coefficient (Wildman–Crippen LogP) is 3.07. The van der Waals surface area contributed by atoms with Crippen LogP contribution in [0.1, 0.15) is 17.7 Å². The van der Waals surface area contributed by atoms with E-state index in [1.807, 2.05) is 6.07 Å². The highest BCUT2D eigenvalue weighted by Crippen LogP contribution is 2.32. The highest BCUT2D eigenvalue weighted by molar-refractivity contribution is 7.15. The van der Waals surface area contributed by atoms with Crippen LogP contribution in [0, 0.1) is 0 Å². The minimum Gasteiger partial charge on any atom is -0.389 e. The van der Waals surface area contributed by atoms with Crippen LogP contribution in [0.2, 0.25) is 0 Å². The Hall–Kier alpha value is -1.16. The number of thiophene rings is 1. The number of hydrogen-bond donors (Lipinski definition) is 2. The molecular formula is C16H19NOS. The third kappa shape index (κ3) is 3.06. The molecule has 3 heteroatoms. The lowest BCUT2D eigenvalue weighted by molar-refractivity contribution is 0.0116. The Morgan fingerprint density at radius 2 is 1.79 bits per heavy atom. The molecular weight excluding hydrogens is 254 g/mol. The van der Waals surface area contributed by atoms with Gasteiger partial charge in [-0.3, -0.25) is 0 Å². The van der Waals surface area contributed by atoms with Gasteiger partial charge in [-0.15, -0.1) is 11.3 Å². The Labute approximate surface area is 118 Å². The SMILES string of the molecule is OC1(Cc2ccc(-c3ccccc3)s2)CCNCC1. The van der Waals surface area contributed by atoms with Crippen molar-refractivity contribution in [2.45, 2.75) is 24.9 Å². The molecule has 0 atom stereocenters. The summed E-state index contributed by atoms with van der Waals surface area (Å²) in [6, 6.07) is 14.8. The van der Waals surface area contributed by atoms with Crippen molar-refractivity contribution in [3.63, 3.8) is 0 Å². The van der Waals surface area contributed by atoms with Gasteiger partial charge in [-0.2, -0.15) is 0 Å². The zero-order valence-electron chi connectivity index (χ0n) is 10.9. The molecule has 0 saturated carbocycles.